The first-order valence-corrected chi connectivity index (χ1v) is 8.30. The molecule has 0 bridgehead atoms. The van der Waals surface area contributed by atoms with E-state index in [2.05, 4.69) is 31.1 Å². The smallest absolute Gasteiger partial charge is 0.310 e. The van der Waals surface area contributed by atoms with Crippen molar-refractivity contribution in [3.05, 3.63) is 29.1 Å². The lowest BCUT2D eigenvalue weighted by atomic mass is 9.95. The Kier molecular flexibility index (Phi) is 5.81. The number of nitrogens with zero attached hydrogens (tertiary/aromatic N) is 2. The third kappa shape index (κ3) is 4.46. The molecule has 0 fully saturated rings. The van der Waals surface area contributed by atoms with E-state index in [1.165, 1.54) is 0 Å². The first-order valence-electron chi connectivity index (χ1n) is 8.30. The van der Waals surface area contributed by atoms with Crippen LogP contribution < -0.4 is 0 Å². The topological polar surface area (TPSA) is 44.1 Å². The highest BCUT2D eigenvalue weighted by Gasteiger charge is 2.18. The highest BCUT2D eigenvalue weighted by molar-refractivity contribution is 5.73. The fourth-order valence-corrected chi connectivity index (χ4v) is 2.93. The quantitative estimate of drug-likeness (QED) is 0.596. The van der Waals surface area contributed by atoms with Crippen LogP contribution in [-0.4, -0.2) is 22.4 Å². The third-order valence-electron chi connectivity index (χ3n) is 4.25. The van der Waals surface area contributed by atoms with Gasteiger partial charge in [-0.2, -0.15) is 5.10 Å². The van der Waals surface area contributed by atoms with E-state index in [1.54, 1.807) is 0 Å². The van der Waals surface area contributed by atoms with Crippen LogP contribution >= 0.6 is 0 Å². The van der Waals surface area contributed by atoms with Crippen LogP contribution in [0, 0.1) is 25.7 Å². The lowest BCUT2D eigenvalue weighted by Gasteiger charge is -2.17. The Morgan fingerprint density at radius 2 is 2.18 bits per heavy atom. The van der Waals surface area contributed by atoms with Crippen LogP contribution in [0.3, 0.4) is 0 Å². The Morgan fingerprint density at radius 3 is 2.82 bits per heavy atom. The van der Waals surface area contributed by atoms with Gasteiger partial charge in [-0.15, -0.1) is 0 Å². The summed E-state index contributed by atoms with van der Waals surface area (Å²) in [7, 11) is 0. The SMILES string of the molecule is Cc1nn(CC(C)C)c(C)c1CC(=O)OCC1CC=CCC1. The Labute approximate surface area is 133 Å². The molecule has 1 atom stereocenters. The fraction of sp³-hybridized carbons (Fsp3) is 0.667. The second-order valence-electron chi connectivity index (χ2n) is 6.74. The molecule has 4 heteroatoms. The second-order valence-corrected chi connectivity index (χ2v) is 6.74. The predicted octanol–water partition coefficient (Wildman–Crippen LogP) is 3.60. The summed E-state index contributed by atoms with van der Waals surface area (Å²) in [6, 6.07) is 0. The zero-order chi connectivity index (χ0) is 16.1. The van der Waals surface area contributed by atoms with Gasteiger partial charge in [0.05, 0.1) is 18.7 Å². The van der Waals surface area contributed by atoms with Gasteiger partial charge in [0.15, 0.2) is 0 Å². The highest BCUT2D eigenvalue weighted by atomic mass is 16.5. The summed E-state index contributed by atoms with van der Waals surface area (Å²) in [5, 5.41) is 4.55. The number of esters is 1. The molecule has 0 radical (unpaired) electrons. The molecule has 22 heavy (non-hydrogen) atoms. The Morgan fingerprint density at radius 1 is 1.41 bits per heavy atom. The van der Waals surface area contributed by atoms with E-state index in [0.717, 1.165) is 42.8 Å². The monoisotopic (exact) mass is 304 g/mol. The molecule has 0 spiro atoms. The summed E-state index contributed by atoms with van der Waals surface area (Å²) in [6.45, 7) is 9.78. The highest BCUT2D eigenvalue weighted by Crippen LogP contribution is 2.19. The zero-order valence-corrected chi connectivity index (χ0v) is 14.3. The molecule has 1 aromatic rings. The Bertz CT molecular complexity index is 544. The van der Waals surface area contributed by atoms with Crippen molar-refractivity contribution in [3.8, 4) is 0 Å². The van der Waals surface area contributed by atoms with Gasteiger partial charge in [-0.25, -0.2) is 0 Å². The van der Waals surface area contributed by atoms with Gasteiger partial charge in [-0.3, -0.25) is 9.48 Å². The van der Waals surface area contributed by atoms with Crippen molar-refractivity contribution in [1.29, 1.82) is 0 Å². The van der Waals surface area contributed by atoms with Crippen molar-refractivity contribution in [2.75, 3.05) is 6.61 Å². The van der Waals surface area contributed by atoms with Crippen molar-refractivity contribution >= 4 is 5.97 Å². The van der Waals surface area contributed by atoms with Gasteiger partial charge in [0.1, 0.15) is 0 Å². The Hall–Kier alpha value is -1.58. The minimum atomic E-state index is -0.134. The number of aryl methyl sites for hydroxylation is 1. The number of hydrogen-bond acceptors (Lipinski definition) is 3. The van der Waals surface area contributed by atoms with Gasteiger partial charge in [0.25, 0.3) is 0 Å². The van der Waals surface area contributed by atoms with Crippen molar-refractivity contribution in [3.63, 3.8) is 0 Å². The molecule has 2 rings (SSSR count). The van der Waals surface area contributed by atoms with E-state index in [1.807, 2.05) is 18.5 Å². The third-order valence-corrected chi connectivity index (χ3v) is 4.25. The van der Waals surface area contributed by atoms with Gasteiger partial charge in [0.2, 0.25) is 0 Å². The van der Waals surface area contributed by atoms with E-state index in [-0.39, 0.29) is 5.97 Å². The van der Waals surface area contributed by atoms with Crippen LogP contribution in [0.5, 0.6) is 0 Å². The van der Waals surface area contributed by atoms with E-state index >= 15 is 0 Å². The Balaban J connectivity index is 1.90. The van der Waals surface area contributed by atoms with Gasteiger partial charge in [0, 0.05) is 17.8 Å². The van der Waals surface area contributed by atoms with Crippen molar-refractivity contribution in [2.24, 2.45) is 11.8 Å². The van der Waals surface area contributed by atoms with Crippen LogP contribution in [0.15, 0.2) is 12.2 Å². The zero-order valence-electron chi connectivity index (χ0n) is 14.3. The largest absolute Gasteiger partial charge is 0.465 e. The number of hydrogen-bond donors (Lipinski definition) is 0. The summed E-state index contributed by atoms with van der Waals surface area (Å²) in [5.41, 5.74) is 3.05. The molecule has 0 amide bonds. The first-order chi connectivity index (χ1) is 10.5. The number of ether oxygens (including phenoxy) is 1. The standard InChI is InChI=1S/C18H28N2O2/c1-13(2)11-20-15(4)17(14(3)19-20)10-18(21)22-12-16-8-6-5-7-9-16/h5-6,13,16H,7-12H2,1-4H3. The minimum Gasteiger partial charge on any atom is -0.465 e. The molecule has 1 aromatic heterocycles. The van der Waals surface area contributed by atoms with Gasteiger partial charge in [-0.1, -0.05) is 26.0 Å². The first kappa shape index (κ1) is 16.8. The van der Waals surface area contributed by atoms with Crippen molar-refractivity contribution < 1.29 is 9.53 Å². The number of carbonyl (C=O) groups is 1. The van der Waals surface area contributed by atoms with E-state index in [0.29, 0.717) is 24.9 Å². The van der Waals surface area contributed by atoms with Gasteiger partial charge < -0.3 is 4.74 Å². The number of aromatic nitrogens is 2. The average molecular weight is 304 g/mol. The van der Waals surface area contributed by atoms with Gasteiger partial charge >= 0.3 is 5.97 Å². The predicted molar refractivity (Wildman–Crippen MR) is 87.7 cm³/mol. The summed E-state index contributed by atoms with van der Waals surface area (Å²) in [4.78, 5) is 12.1. The molecule has 1 aliphatic rings. The molecular formula is C18H28N2O2. The van der Waals surface area contributed by atoms with E-state index in [4.69, 9.17) is 4.74 Å². The molecule has 0 aliphatic heterocycles. The van der Waals surface area contributed by atoms with Crippen LogP contribution in [0.25, 0.3) is 0 Å². The molecule has 0 saturated carbocycles. The molecule has 122 valence electrons. The lowest BCUT2D eigenvalue weighted by Crippen LogP contribution is -2.17. The maximum Gasteiger partial charge on any atom is 0.310 e. The summed E-state index contributed by atoms with van der Waals surface area (Å²) < 4.78 is 7.48. The number of carbonyl (C=O) groups excluding carboxylic acids is 1. The lowest BCUT2D eigenvalue weighted by molar-refractivity contribution is -0.144. The maximum atomic E-state index is 12.1. The van der Waals surface area contributed by atoms with Crippen molar-refractivity contribution in [2.45, 2.75) is 59.9 Å². The second kappa shape index (κ2) is 7.61. The fourth-order valence-electron chi connectivity index (χ4n) is 2.93. The van der Waals surface area contributed by atoms with E-state index in [9.17, 15) is 4.79 Å². The molecule has 1 unspecified atom stereocenters. The molecule has 4 nitrogen and oxygen atoms in total. The van der Waals surface area contributed by atoms with Gasteiger partial charge in [-0.05, 0) is 44.9 Å². The number of rotatable bonds is 6. The molecule has 0 saturated heterocycles. The molecule has 1 heterocycles. The normalized spacial score (nSPS) is 18.0. The summed E-state index contributed by atoms with van der Waals surface area (Å²) >= 11 is 0. The summed E-state index contributed by atoms with van der Waals surface area (Å²) in [5.74, 6) is 0.891. The van der Waals surface area contributed by atoms with Crippen LogP contribution in [0.2, 0.25) is 0 Å². The van der Waals surface area contributed by atoms with E-state index < -0.39 is 0 Å². The molecule has 0 aromatic carbocycles. The molecule has 1 aliphatic carbocycles. The van der Waals surface area contributed by atoms with Crippen molar-refractivity contribution in [1.82, 2.24) is 9.78 Å². The summed E-state index contributed by atoms with van der Waals surface area (Å²) in [6.07, 6.45) is 7.97. The van der Waals surface area contributed by atoms with Crippen LogP contribution in [0.4, 0.5) is 0 Å². The molecular weight excluding hydrogens is 276 g/mol. The van der Waals surface area contributed by atoms with Crippen LogP contribution in [0.1, 0.15) is 50.1 Å². The van der Waals surface area contributed by atoms with Crippen LogP contribution in [-0.2, 0) is 22.5 Å². The average Bonchev–Trinajstić information content (AvgIpc) is 2.73. The molecule has 0 N–H and O–H groups in total. The maximum absolute atomic E-state index is 12.1. The minimum absolute atomic E-state index is 0.134. The number of allylic oxidation sites excluding steroid dienone is 2.